The molecule has 0 aromatic heterocycles. The van der Waals surface area contributed by atoms with Crippen molar-refractivity contribution in [1.82, 2.24) is 0 Å². The van der Waals surface area contributed by atoms with Gasteiger partial charge in [0.1, 0.15) is 17.7 Å². The van der Waals surface area contributed by atoms with Gasteiger partial charge in [-0.15, -0.1) is 0 Å². The summed E-state index contributed by atoms with van der Waals surface area (Å²) in [4.78, 5) is 16.6. The predicted molar refractivity (Wildman–Crippen MR) is 100 cm³/mol. The van der Waals surface area contributed by atoms with E-state index in [-0.39, 0.29) is 11.9 Å². The van der Waals surface area contributed by atoms with Crippen molar-refractivity contribution >= 4 is 11.7 Å². The van der Waals surface area contributed by atoms with Crippen LogP contribution in [0.4, 0.5) is 0 Å². The number of carbonyl (C=O) groups is 1. The molecular weight excluding hydrogens is 326 g/mol. The number of nitrogens with zero attached hydrogens (tertiary/aromatic N) is 2. The number of aryl methyl sites for hydroxylation is 1. The highest BCUT2D eigenvalue weighted by molar-refractivity contribution is 6.09. The molecule has 0 bridgehead atoms. The SMILES string of the molecule is CC(C)Oc1ccc(C(=O)N=C(N)c2cccc3c2CCC3)cc1C#N. The number of rotatable bonds is 4. The third-order valence-electron chi connectivity index (χ3n) is 4.35. The lowest BCUT2D eigenvalue weighted by Crippen LogP contribution is -2.18. The number of aliphatic imine (C=N–C) groups is 1. The van der Waals surface area contributed by atoms with Crippen LogP contribution in [0, 0.1) is 11.3 Å². The molecule has 5 nitrogen and oxygen atoms in total. The topological polar surface area (TPSA) is 88.5 Å². The van der Waals surface area contributed by atoms with Crippen LogP contribution < -0.4 is 10.5 Å². The summed E-state index contributed by atoms with van der Waals surface area (Å²) < 4.78 is 5.58. The number of amides is 1. The Balaban J connectivity index is 1.89. The number of hydrogen-bond donors (Lipinski definition) is 1. The molecule has 2 aromatic carbocycles. The summed E-state index contributed by atoms with van der Waals surface area (Å²) in [7, 11) is 0. The van der Waals surface area contributed by atoms with Gasteiger partial charge in [0.25, 0.3) is 5.91 Å². The van der Waals surface area contributed by atoms with Crippen molar-refractivity contribution in [3.05, 3.63) is 64.2 Å². The molecule has 0 spiro atoms. The van der Waals surface area contributed by atoms with Crippen LogP contribution in [0.25, 0.3) is 0 Å². The minimum atomic E-state index is -0.467. The smallest absolute Gasteiger partial charge is 0.278 e. The summed E-state index contributed by atoms with van der Waals surface area (Å²) in [6.45, 7) is 3.76. The van der Waals surface area contributed by atoms with Crippen LogP contribution in [0.3, 0.4) is 0 Å². The molecule has 1 amide bonds. The molecule has 2 N–H and O–H groups in total. The Bertz CT molecular complexity index is 923. The van der Waals surface area contributed by atoms with Gasteiger partial charge < -0.3 is 10.5 Å². The monoisotopic (exact) mass is 347 g/mol. The first-order valence-corrected chi connectivity index (χ1v) is 8.70. The lowest BCUT2D eigenvalue weighted by Gasteiger charge is -2.11. The fourth-order valence-electron chi connectivity index (χ4n) is 3.20. The van der Waals surface area contributed by atoms with E-state index in [1.165, 1.54) is 17.2 Å². The highest BCUT2D eigenvalue weighted by atomic mass is 16.5. The zero-order chi connectivity index (χ0) is 18.7. The van der Waals surface area contributed by atoms with Crippen LogP contribution in [-0.2, 0) is 12.8 Å². The molecular formula is C21H21N3O2. The molecule has 1 aliphatic rings. The molecule has 26 heavy (non-hydrogen) atoms. The summed E-state index contributed by atoms with van der Waals surface area (Å²) in [5.74, 6) is 0.206. The average Bonchev–Trinajstić information content (AvgIpc) is 3.10. The Morgan fingerprint density at radius 2 is 2.08 bits per heavy atom. The number of fused-ring (bicyclic) bond motifs is 1. The second-order valence-electron chi connectivity index (χ2n) is 6.59. The van der Waals surface area contributed by atoms with Crippen molar-refractivity contribution in [3.63, 3.8) is 0 Å². The first-order chi connectivity index (χ1) is 12.5. The van der Waals surface area contributed by atoms with Crippen LogP contribution in [0.1, 0.15) is 52.9 Å². The van der Waals surface area contributed by atoms with E-state index >= 15 is 0 Å². The number of nitrogens with two attached hydrogens (primary N) is 1. The maximum atomic E-state index is 12.5. The maximum Gasteiger partial charge on any atom is 0.278 e. The van der Waals surface area contributed by atoms with E-state index in [4.69, 9.17) is 10.5 Å². The van der Waals surface area contributed by atoms with Crippen LogP contribution in [-0.4, -0.2) is 17.8 Å². The molecule has 1 aliphatic carbocycles. The molecule has 132 valence electrons. The zero-order valence-corrected chi connectivity index (χ0v) is 15.0. The Morgan fingerprint density at radius 1 is 1.27 bits per heavy atom. The molecule has 0 radical (unpaired) electrons. The minimum absolute atomic E-state index is 0.0579. The number of hydrogen-bond acceptors (Lipinski definition) is 3. The quantitative estimate of drug-likeness (QED) is 0.678. The van der Waals surface area contributed by atoms with Crippen molar-refractivity contribution < 1.29 is 9.53 Å². The number of carbonyl (C=O) groups excluding carboxylic acids is 1. The van der Waals surface area contributed by atoms with Crippen LogP contribution in [0.15, 0.2) is 41.4 Å². The minimum Gasteiger partial charge on any atom is -0.490 e. The van der Waals surface area contributed by atoms with Gasteiger partial charge in [-0.05, 0) is 62.4 Å². The van der Waals surface area contributed by atoms with Crippen molar-refractivity contribution in [3.8, 4) is 11.8 Å². The molecule has 0 saturated carbocycles. The Hall–Kier alpha value is -3.13. The summed E-state index contributed by atoms with van der Waals surface area (Å²) in [5, 5.41) is 9.30. The van der Waals surface area contributed by atoms with Gasteiger partial charge in [0.2, 0.25) is 0 Å². The Kier molecular flexibility index (Phi) is 5.04. The third-order valence-corrected chi connectivity index (χ3v) is 4.35. The zero-order valence-electron chi connectivity index (χ0n) is 15.0. The molecule has 0 fully saturated rings. The van der Waals surface area contributed by atoms with Crippen LogP contribution in [0.5, 0.6) is 5.75 Å². The van der Waals surface area contributed by atoms with Crippen molar-refractivity contribution in [1.29, 1.82) is 5.26 Å². The van der Waals surface area contributed by atoms with Gasteiger partial charge >= 0.3 is 0 Å². The van der Waals surface area contributed by atoms with E-state index in [0.29, 0.717) is 16.9 Å². The largest absolute Gasteiger partial charge is 0.490 e. The first kappa shape index (κ1) is 17.7. The predicted octanol–water partition coefficient (Wildman–Crippen LogP) is 3.38. The number of ether oxygens (including phenoxy) is 1. The molecule has 2 aromatic rings. The fourth-order valence-corrected chi connectivity index (χ4v) is 3.20. The standard InChI is InChI=1S/C21H21N3O2/c1-13(2)26-19-10-9-15(11-16(19)12-22)21(25)24-20(23)18-8-4-6-14-5-3-7-17(14)18/h4,6,8-11,13H,3,5,7H2,1-2H3,(H2,23,24,25). The third kappa shape index (κ3) is 3.60. The van der Waals surface area contributed by atoms with E-state index in [9.17, 15) is 10.1 Å². The fraction of sp³-hybridized carbons (Fsp3) is 0.286. The average molecular weight is 347 g/mol. The van der Waals surface area contributed by atoms with Gasteiger partial charge in [-0.3, -0.25) is 4.79 Å². The molecule has 0 atom stereocenters. The number of amidine groups is 1. The highest BCUT2D eigenvalue weighted by Crippen LogP contribution is 2.25. The summed E-state index contributed by atoms with van der Waals surface area (Å²) in [6.07, 6.45) is 3.02. The Morgan fingerprint density at radius 3 is 2.81 bits per heavy atom. The number of benzene rings is 2. The maximum absolute atomic E-state index is 12.5. The van der Waals surface area contributed by atoms with Crippen molar-refractivity contribution in [2.24, 2.45) is 10.7 Å². The molecule has 0 saturated heterocycles. The van der Waals surface area contributed by atoms with Gasteiger partial charge in [-0.25, -0.2) is 0 Å². The van der Waals surface area contributed by atoms with Gasteiger partial charge in [0.05, 0.1) is 11.7 Å². The summed E-state index contributed by atoms with van der Waals surface area (Å²) in [5.41, 5.74) is 10.0. The van der Waals surface area contributed by atoms with E-state index in [2.05, 4.69) is 17.1 Å². The van der Waals surface area contributed by atoms with Gasteiger partial charge in [-0.1, -0.05) is 18.2 Å². The lowest BCUT2D eigenvalue weighted by molar-refractivity contribution is 0.100. The van der Waals surface area contributed by atoms with E-state index in [0.717, 1.165) is 24.8 Å². The highest BCUT2D eigenvalue weighted by Gasteiger charge is 2.17. The summed E-state index contributed by atoms with van der Waals surface area (Å²) >= 11 is 0. The van der Waals surface area contributed by atoms with Crippen LogP contribution in [0.2, 0.25) is 0 Å². The Labute approximate surface area is 153 Å². The van der Waals surface area contributed by atoms with Crippen LogP contribution >= 0.6 is 0 Å². The number of nitriles is 1. The molecule has 0 aliphatic heterocycles. The lowest BCUT2D eigenvalue weighted by atomic mass is 10.0. The van der Waals surface area contributed by atoms with E-state index < -0.39 is 5.91 Å². The summed E-state index contributed by atoms with van der Waals surface area (Å²) in [6, 6.07) is 12.7. The van der Waals surface area contributed by atoms with Gasteiger partial charge in [0, 0.05) is 11.1 Å². The molecule has 5 heteroatoms. The van der Waals surface area contributed by atoms with Gasteiger partial charge in [0.15, 0.2) is 0 Å². The second-order valence-corrected chi connectivity index (χ2v) is 6.59. The second kappa shape index (κ2) is 7.40. The molecule has 3 rings (SSSR count). The van der Waals surface area contributed by atoms with Gasteiger partial charge in [-0.2, -0.15) is 10.3 Å². The van der Waals surface area contributed by atoms with E-state index in [1.54, 1.807) is 12.1 Å². The molecule has 0 unspecified atom stereocenters. The van der Waals surface area contributed by atoms with Crippen molar-refractivity contribution in [2.45, 2.75) is 39.2 Å². The van der Waals surface area contributed by atoms with E-state index in [1.807, 2.05) is 26.0 Å². The normalized spacial score (nSPS) is 13.4. The van der Waals surface area contributed by atoms with Crippen molar-refractivity contribution in [2.75, 3.05) is 0 Å². The molecule has 0 heterocycles. The first-order valence-electron chi connectivity index (χ1n) is 8.70.